The molecule has 5 atom stereocenters. The maximum atomic E-state index is 12.1. The fourth-order valence-corrected chi connectivity index (χ4v) is 3.50. The molecule has 0 bridgehead atoms. The summed E-state index contributed by atoms with van der Waals surface area (Å²) in [6.45, 7) is 1.96. The minimum Gasteiger partial charge on any atom is -0.480 e. The van der Waals surface area contributed by atoms with E-state index >= 15 is 0 Å². The molecule has 0 aromatic rings. The average Bonchev–Trinajstić information content (AvgIpc) is 2.93. The smallest absolute Gasteiger partial charge is 0.409 e. The number of ketones is 1. The number of aliphatic hydroxyl groups excluding tert-OH is 3. The van der Waals surface area contributed by atoms with Gasteiger partial charge in [0.05, 0.1) is 19.3 Å². The Morgan fingerprint density at radius 3 is 2.21 bits per heavy atom. The van der Waals surface area contributed by atoms with Crippen LogP contribution in [0.1, 0.15) is 19.8 Å². The van der Waals surface area contributed by atoms with Gasteiger partial charge < -0.3 is 34.8 Å². The Hall–Kier alpha value is -1.79. The molecule has 11 heteroatoms. The molecule has 2 aliphatic rings. The molecule has 28 heavy (non-hydrogen) atoms. The quantitative estimate of drug-likeness (QED) is 0.265. The van der Waals surface area contributed by atoms with Gasteiger partial charge in [0.15, 0.2) is 11.8 Å². The maximum absolute atomic E-state index is 12.1. The standard InChI is InChI=1S/C17H28N2O9/c1-10(21)13(16(24)25)18-4-6-19(7-5-18)17(26)27-8-2-3-11-14(22)15(23)12(9-20)28-11/h11-15,20,22-23H,2-9H2,1H3,(H,24,25). The summed E-state index contributed by atoms with van der Waals surface area (Å²) in [5.74, 6) is -1.65. The van der Waals surface area contributed by atoms with Crippen molar-refractivity contribution in [1.82, 2.24) is 9.80 Å². The van der Waals surface area contributed by atoms with E-state index in [1.165, 1.54) is 16.7 Å². The Labute approximate surface area is 162 Å². The number of carbonyl (C=O) groups is 3. The number of aliphatic hydroxyl groups is 3. The number of carboxylic acid groups (broad SMARTS) is 1. The highest BCUT2D eigenvalue weighted by molar-refractivity contribution is 6.01. The Morgan fingerprint density at radius 2 is 1.71 bits per heavy atom. The van der Waals surface area contributed by atoms with E-state index in [1.807, 2.05) is 0 Å². The topological polar surface area (TPSA) is 157 Å². The monoisotopic (exact) mass is 404 g/mol. The number of hydrogen-bond donors (Lipinski definition) is 4. The predicted molar refractivity (Wildman–Crippen MR) is 93.6 cm³/mol. The molecule has 11 nitrogen and oxygen atoms in total. The molecule has 0 spiro atoms. The van der Waals surface area contributed by atoms with E-state index in [0.717, 1.165) is 0 Å². The predicted octanol–water partition coefficient (Wildman–Crippen LogP) is -1.96. The summed E-state index contributed by atoms with van der Waals surface area (Å²) in [7, 11) is 0. The number of carbonyl (C=O) groups excluding carboxylic acids is 2. The Kier molecular flexibility index (Phi) is 8.13. The first-order valence-electron chi connectivity index (χ1n) is 9.27. The van der Waals surface area contributed by atoms with Gasteiger partial charge in [-0.05, 0) is 19.8 Å². The first-order valence-corrected chi connectivity index (χ1v) is 9.27. The van der Waals surface area contributed by atoms with Crippen molar-refractivity contribution < 1.29 is 44.3 Å². The van der Waals surface area contributed by atoms with Gasteiger partial charge in [0.25, 0.3) is 0 Å². The zero-order chi connectivity index (χ0) is 20.8. The lowest BCUT2D eigenvalue weighted by molar-refractivity contribution is -0.148. The van der Waals surface area contributed by atoms with Gasteiger partial charge in [-0.2, -0.15) is 0 Å². The molecule has 1 amide bonds. The summed E-state index contributed by atoms with van der Waals surface area (Å²) in [4.78, 5) is 37.7. The summed E-state index contributed by atoms with van der Waals surface area (Å²) in [5, 5.41) is 37.7. The van der Waals surface area contributed by atoms with Gasteiger partial charge in [0, 0.05) is 26.2 Å². The molecule has 0 aromatic carbocycles. The molecule has 0 saturated carbocycles. The Morgan fingerprint density at radius 1 is 1.11 bits per heavy atom. The van der Waals surface area contributed by atoms with Gasteiger partial charge in [-0.15, -0.1) is 0 Å². The molecule has 0 aliphatic carbocycles. The molecule has 2 saturated heterocycles. The minimum atomic E-state index is -1.20. The molecule has 2 rings (SSSR count). The molecular weight excluding hydrogens is 376 g/mol. The second-order valence-corrected chi connectivity index (χ2v) is 7.01. The van der Waals surface area contributed by atoms with Crippen LogP contribution in [-0.4, -0.2) is 118 Å². The molecule has 0 aromatic heterocycles. The second kappa shape index (κ2) is 10.1. The van der Waals surface area contributed by atoms with Crippen LogP contribution in [0.5, 0.6) is 0 Å². The van der Waals surface area contributed by atoms with Crippen molar-refractivity contribution in [1.29, 1.82) is 0 Å². The maximum Gasteiger partial charge on any atom is 0.409 e. The SMILES string of the molecule is CC(=O)C(C(=O)O)N1CCN(C(=O)OCCCC2OC(CO)C(O)C2O)CC1. The van der Waals surface area contributed by atoms with Crippen LogP contribution in [0.25, 0.3) is 0 Å². The van der Waals surface area contributed by atoms with Gasteiger partial charge in [-0.25, -0.2) is 4.79 Å². The number of Topliss-reactive ketones (excluding diaryl/α,β-unsaturated/α-hetero) is 1. The highest BCUT2D eigenvalue weighted by Crippen LogP contribution is 2.24. The normalized spacial score (nSPS) is 29.5. The van der Waals surface area contributed by atoms with Crippen LogP contribution in [0, 0.1) is 0 Å². The zero-order valence-corrected chi connectivity index (χ0v) is 15.8. The highest BCUT2D eigenvalue weighted by Gasteiger charge is 2.41. The first-order chi connectivity index (χ1) is 13.3. The molecule has 160 valence electrons. The lowest BCUT2D eigenvalue weighted by atomic mass is 10.0. The van der Waals surface area contributed by atoms with Crippen LogP contribution in [0.4, 0.5) is 4.79 Å². The van der Waals surface area contributed by atoms with E-state index in [4.69, 9.17) is 19.7 Å². The molecule has 0 radical (unpaired) electrons. The molecule has 4 N–H and O–H groups in total. The molecular formula is C17H28N2O9. The van der Waals surface area contributed by atoms with E-state index in [2.05, 4.69) is 0 Å². The van der Waals surface area contributed by atoms with Crippen LogP contribution < -0.4 is 0 Å². The molecule has 2 fully saturated rings. The van der Waals surface area contributed by atoms with Crippen molar-refractivity contribution in [3.05, 3.63) is 0 Å². The van der Waals surface area contributed by atoms with Gasteiger partial charge in [0.2, 0.25) is 0 Å². The average molecular weight is 404 g/mol. The number of hydrogen-bond acceptors (Lipinski definition) is 9. The number of amides is 1. The van der Waals surface area contributed by atoms with E-state index < -0.39 is 48.3 Å². The number of piperazine rings is 1. The molecule has 2 heterocycles. The molecule has 5 unspecified atom stereocenters. The third-order valence-electron chi connectivity index (χ3n) is 5.06. The van der Waals surface area contributed by atoms with Crippen molar-refractivity contribution in [3.63, 3.8) is 0 Å². The Balaban J connectivity index is 1.68. The number of rotatable bonds is 8. The van der Waals surface area contributed by atoms with Gasteiger partial charge >= 0.3 is 12.1 Å². The lowest BCUT2D eigenvalue weighted by Gasteiger charge is -2.36. The number of carboxylic acids is 1. The van der Waals surface area contributed by atoms with Gasteiger partial charge in [-0.1, -0.05) is 0 Å². The summed E-state index contributed by atoms with van der Waals surface area (Å²) >= 11 is 0. The number of nitrogens with zero attached hydrogens (tertiary/aromatic N) is 2. The summed E-state index contributed by atoms with van der Waals surface area (Å²) in [5.41, 5.74) is 0. The third-order valence-corrected chi connectivity index (χ3v) is 5.06. The second-order valence-electron chi connectivity index (χ2n) is 7.01. The van der Waals surface area contributed by atoms with Crippen molar-refractivity contribution in [2.24, 2.45) is 0 Å². The van der Waals surface area contributed by atoms with E-state index in [1.54, 1.807) is 0 Å². The van der Waals surface area contributed by atoms with Gasteiger partial charge in [-0.3, -0.25) is 14.5 Å². The van der Waals surface area contributed by atoms with Crippen LogP contribution in [0.3, 0.4) is 0 Å². The number of aliphatic carboxylic acids is 1. The third kappa shape index (κ3) is 5.39. The van der Waals surface area contributed by atoms with Crippen LogP contribution >= 0.6 is 0 Å². The first kappa shape index (κ1) is 22.5. The van der Waals surface area contributed by atoms with E-state index in [0.29, 0.717) is 12.8 Å². The largest absolute Gasteiger partial charge is 0.480 e. The summed E-state index contributed by atoms with van der Waals surface area (Å²) in [6, 6.07) is -1.20. The summed E-state index contributed by atoms with van der Waals surface area (Å²) < 4.78 is 10.5. The zero-order valence-electron chi connectivity index (χ0n) is 15.8. The fourth-order valence-electron chi connectivity index (χ4n) is 3.50. The van der Waals surface area contributed by atoms with Gasteiger partial charge in [0.1, 0.15) is 18.3 Å². The fraction of sp³-hybridized carbons (Fsp3) is 0.824. The van der Waals surface area contributed by atoms with Crippen LogP contribution in [-0.2, 0) is 19.1 Å². The van der Waals surface area contributed by atoms with Crippen molar-refractivity contribution >= 4 is 17.8 Å². The Bertz CT molecular complexity index is 551. The number of ether oxygens (including phenoxy) is 2. The summed E-state index contributed by atoms with van der Waals surface area (Å²) in [6.07, 6.45) is -3.45. The van der Waals surface area contributed by atoms with E-state index in [-0.39, 0.29) is 39.4 Å². The van der Waals surface area contributed by atoms with Crippen molar-refractivity contribution in [3.8, 4) is 0 Å². The van der Waals surface area contributed by atoms with Crippen molar-refractivity contribution in [2.75, 3.05) is 39.4 Å². The van der Waals surface area contributed by atoms with Crippen molar-refractivity contribution in [2.45, 2.75) is 50.2 Å². The van der Waals surface area contributed by atoms with Crippen LogP contribution in [0.15, 0.2) is 0 Å². The minimum absolute atomic E-state index is 0.0940. The lowest BCUT2D eigenvalue weighted by Crippen LogP contribution is -2.56. The highest BCUT2D eigenvalue weighted by atomic mass is 16.6. The van der Waals surface area contributed by atoms with Crippen LogP contribution in [0.2, 0.25) is 0 Å². The molecule has 2 aliphatic heterocycles. The van der Waals surface area contributed by atoms with E-state index in [9.17, 15) is 24.6 Å².